The number of amides is 1. The van der Waals surface area contributed by atoms with E-state index in [0.717, 1.165) is 70.7 Å². The molecule has 36 heavy (non-hydrogen) atoms. The molecular formula is C29H39N3O3S. The SMILES string of the molecule is CCCCCCC(=O)NCCSc1nc(-c2ccc(OC)cc2)c(-c2ccc(OC)cc2)n1CCC. The summed E-state index contributed by atoms with van der Waals surface area (Å²) in [5, 5.41) is 4.03. The van der Waals surface area contributed by atoms with E-state index < -0.39 is 0 Å². The normalized spacial score (nSPS) is 10.9. The van der Waals surface area contributed by atoms with Crippen molar-refractivity contribution in [3.05, 3.63) is 48.5 Å². The van der Waals surface area contributed by atoms with E-state index in [2.05, 4.69) is 48.0 Å². The van der Waals surface area contributed by atoms with Crippen LogP contribution >= 0.6 is 11.8 Å². The lowest BCUT2D eigenvalue weighted by Gasteiger charge is -2.13. The molecule has 0 spiro atoms. The minimum Gasteiger partial charge on any atom is -0.497 e. The van der Waals surface area contributed by atoms with Gasteiger partial charge in [0.25, 0.3) is 0 Å². The van der Waals surface area contributed by atoms with Gasteiger partial charge < -0.3 is 19.4 Å². The maximum Gasteiger partial charge on any atom is 0.220 e. The topological polar surface area (TPSA) is 65.4 Å². The van der Waals surface area contributed by atoms with Crippen molar-refractivity contribution in [2.75, 3.05) is 26.5 Å². The number of nitrogens with zero attached hydrogens (tertiary/aromatic N) is 2. The van der Waals surface area contributed by atoms with E-state index in [1.54, 1.807) is 26.0 Å². The maximum atomic E-state index is 12.2. The van der Waals surface area contributed by atoms with Crippen LogP contribution < -0.4 is 14.8 Å². The smallest absolute Gasteiger partial charge is 0.220 e. The van der Waals surface area contributed by atoms with E-state index in [9.17, 15) is 4.79 Å². The van der Waals surface area contributed by atoms with Gasteiger partial charge in [0.1, 0.15) is 11.5 Å². The number of methoxy groups -OCH3 is 2. The zero-order chi connectivity index (χ0) is 25.8. The second-order valence-corrected chi connectivity index (χ2v) is 9.77. The summed E-state index contributed by atoms with van der Waals surface area (Å²) in [5.74, 6) is 2.55. The van der Waals surface area contributed by atoms with Crippen molar-refractivity contribution in [1.82, 2.24) is 14.9 Å². The monoisotopic (exact) mass is 509 g/mol. The molecule has 0 aliphatic rings. The minimum atomic E-state index is 0.140. The molecule has 1 heterocycles. The molecule has 194 valence electrons. The summed E-state index contributed by atoms with van der Waals surface area (Å²) in [5.41, 5.74) is 4.17. The van der Waals surface area contributed by atoms with E-state index >= 15 is 0 Å². The Morgan fingerprint density at radius 2 is 1.53 bits per heavy atom. The molecule has 0 aliphatic heterocycles. The first-order valence-electron chi connectivity index (χ1n) is 12.9. The first-order valence-corrected chi connectivity index (χ1v) is 13.9. The summed E-state index contributed by atoms with van der Waals surface area (Å²) >= 11 is 1.69. The Morgan fingerprint density at radius 1 is 0.889 bits per heavy atom. The largest absolute Gasteiger partial charge is 0.497 e. The van der Waals surface area contributed by atoms with Crippen LogP contribution in [-0.4, -0.2) is 42.0 Å². The summed E-state index contributed by atoms with van der Waals surface area (Å²) in [6.07, 6.45) is 6.05. The highest BCUT2D eigenvalue weighted by Gasteiger charge is 2.20. The molecule has 7 heteroatoms. The predicted molar refractivity (Wildman–Crippen MR) is 149 cm³/mol. The molecular weight excluding hydrogens is 470 g/mol. The van der Waals surface area contributed by atoms with Crippen LogP contribution in [-0.2, 0) is 11.3 Å². The van der Waals surface area contributed by atoms with Crippen LogP contribution in [0.5, 0.6) is 11.5 Å². The summed E-state index contributed by atoms with van der Waals surface area (Å²) in [6, 6.07) is 16.2. The van der Waals surface area contributed by atoms with Crippen molar-refractivity contribution >= 4 is 17.7 Å². The van der Waals surface area contributed by atoms with Gasteiger partial charge in [-0.05, 0) is 61.4 Å². The Morgan fingerprint density at radius 3 is 2.11 bits per heavy atom. The Kier molecular flexibility index (Phi) is 11.2. The molecule has 3 rings (SSSR count). The number of hydrogen-bond acceptors (Lipinski definition) is 5. The fourth-order valence-corrected chi connectivity index (χ4v) is 4.98. The van der Waals surface area contributed by atoms with E-state index in [0.29, 0.717) is 13.0 Å². The molecule has 1 aromatic heterocycles. The van der Waals surface area contributed by atoms with Crippen LogP contribution in [0.2, 0.25) is 0 Å². The highest BCUT2D eigenvalue weighted by Crippen LogP contribution is 2.37. The van der Waals surface area contributed by atoms with Crippen molar-refractivity contribution in [2.45, 2.75) is 64.1 Å². The number of rotatable bonds is 15. The first kappa shape index (κ1) is 27.7. The number of hydrogen-bond donors (Lipinski definition) is 1. The standard InChI is InChI=1S/C29H39N3O3S/c1-5-7-8-9-10-26(33)30-19-21-36-29-31-27(22-11-15-24(34-3)16-12-22)28(32(29)20-6-2)23-13-17-25(35-4)18-14-23/h11-18H,5-10,19-21H2,1-4H3,(H,30,33). The lowest BCUT2D eigenvalue weighted by atomic mass is 10.0. The lowest BCUT2D eigenvalue weighted by Crippen LogP contribution is -2.25. The maximum absolute atomic E-state index is 12.2. The van der Waals surface area contributed by atoms with Gasteiger partial charge in [-0.15, -0.1) is 0 Å². The number of aromatic nitrogens is 2. The molecule has 0 bridgehead atoms. The first-order chi connectivity index (χ1) is 17.6. The van der Waals surface area contributed by atoms with E-state index in [1.165, 1.54) is 12.8 Å². The van der Waals surface area contributed by atoms with Gasteiger partial charge >= 0.3 is 0 Å². The average Bonchev–Trinajstić information content (AvgIpc) is 3.27. The zero-order valence-corrected chi connectivity index (χ0v) is 22.8. The third-order valence-electron chi connectivity index (χ3n) is 6.02. The molecule has 0 atom stereocenters. The number of thioether (sulfide) groups is 1. The number of imidazole rings is 1. The van der Waals surface area contributed by atoms with Gasteiger partial charge in [0, 0.05) is 36.4 Å². The molecule has 0 unspecified atom stereocenters. The third-order valence-corrected chi connectivity index (χ3v) is 7.00. The molecule has 1 N–H and O–H groups in total. The van der Waals surface area contributed by atoms with E-state index in [4.69, 9.17) is 14.5 Å². The average molecular weight is 510 g/mol. The fraction of sp³-hybridized carbons (Fsp3) is 0.448. The number of carbonyl (C=O) groups excluding carboxylic acids is 1. The molecule has 2 aromatic carbocycles. The number of benzene rings is 2. The molecule has 0 radical (unpaired) electrons. The Labute approximate surface area is 219 Å². The van der Waals surface area contributed by atoms with Gasteiger partial charge in [0.2, 0.25) is 5.91 Å². The quantitative estimate of drug-likeness (QED) is 0.180. The number of carbonyl (C=O) groups is 1. The summed E-state index contributed by atoms with van der Waals surface area (Å²) in [6.45, 7) is 5.85. The summed E-state index contributed by atoms with van der Waals surface area (Å²) in [7, 11) is 3.35. The van der Waals surface area contributed by atoms with Crippen molar-refractivity contribution in [3.8, 4) is 34.0 Å². The van der Waals surface area contributed by atoms with E-state index in [1.807, 2.05) is 24.3 Å². The van der Waals surface area contributed by atoms with Gasteiger partial charge in [-0.25, -0.2) is 4.98 Å². The summed E-state index contributed by atoms with van der Waals surface area (Å²) in [4.78, 5) is 17.3. The van der Waals surface area contributed by atoms with Crippen LogP contribution in [0, 0.1) is 0 Å². The molecule has 0 saturated carbocycles. The number of nitrogens with one attached hydrogen (secondary N) is 1. The van der Waals surface area contributed by atoms with Gasteiger partial charge in [-0.2, -0.15) is 0 Å². The number of ether oxygens (including phenoxy) is 2. The van der Waals surface area contributed by atoms with Crippen LogP contribution in [0.4, 0.5) is 0 Å². The Bertz CT molecular complexity index is 1080. The molecule has 0 aliphatic carbocycles. The molecule has 0 fully saturated rings. The highest BCUT2D eigenvalue weighted by atomic mass is 32.2. The van der Waals surface area contributed by atoms with Crippen molar-refractivity contribution in [3.63, 3.8) is 0 Å². The van der Waals surface area contributed by atoms with Crippen LogP contribution in [0.3, 0.4) is 0 Å². The van der Waals surface area contributed by atoms with Gasteiger partial charge in [0.15, 0.2) is 5.16 Å². The number of unbranched alkanes of at least 4 members (excludes halogenated alkanes) is 3. The second-order valence-electron chi connectivity index (χ2n) is 8.71. The van der Waals surface area contributed by atoms with Gasteiger partial charge in [0.05, 0.1) is 25.6 Å². The minimum absolute atomic E-state index is 0.140. The predicted octanol–water partition coefficient (Wildman–Crippen LogP) is 6.82. The zero-order valence-electron chi connectivity index (χ0n) is 22.0. The third kappa shape index (κ3) is 7.53. The Balaban J connectivity index is 1.83. The summed E-state index contributed by atoms with van der Waals surface area (Å²) < 4.78 is 13.0. The molecule has 3 aromatic rings. The van der Waals surface area contributed by atoms with Crippen LogP contribution in [0.1, 0.15) is 52.4 Å². The highest BCUT2D eigenvalue weighted by molar-refractivity contribution is 7.99. The van der Waals surface area contributed by atoms with Crippen LogP contribution in [0.15, 0.2) is 53.7 Å². The molecule has 6 nitrogen and oxygen atoms in total. The van der Waals surface area contributed by atoms with Crippen molar-refractivity contribution < 1.29 is 14.3 Å². The van der Waals surface area contributed by atoms with Crippen molar-refractivity contribution in [1.29, 1.82) is 0 Å². The lowest BCUT2D eigenvalue weighted by molar-refractivity contribution is -0.121. The second kappa shape index (κ2) is 14.6. The van der Waals surface area contributed by atoms with E-state index in [-0.39, 0.29) is 5.91 Å². The Hall–Kier alpha value is -2.93. The fourth-order valence-electron chi connectivity index (χ4n) is 4.10. The molecule has 1 amide bonds. The van der Waals surface area contributed by atoms with Gasteiger partial charge in [-0.3, -0.25) is 4.79 Å². The van der Waals surface area contributed by atoms with Gasteiger partial charge in [-0.1, -0.05) is 44.9 Å². The van der Waals surface area contributed by atoms with Crippen LogP contribution in [0.25, 0.3) is 22.5 Å². The van der Waals surface area contributed by atoms with Crippen molar-refractivity contribution in [2.24, 2.45) is 0 Å². The molecule has 0 saturated heterocycles.